The maximum absolute atomic E-state index is 14.0. The lowest BCUT2D eigenvalue weighted by molar-refractivity contribution is 0.00857. The van der Waals surface area contributed by atoms with Crippen molar-refractivity contribution in [2.75, 3.05) is 19.6 Å². The van der Waals surface area contributed by atoms with E-state index in [1.807, 2.05) is 0 Å². The third-order valence-corrected chi connectivity index (χ3v) is 6.30. The highest BCUT2D eigenvalue weighted by Crippen LogP contribution is 2.27. The van der Waals surface area contributed by atoms with Crippen molar-refractivity contribution < 1.29 is 26.7 Å². The summed E-state index contributed by atoms with van der Waals surface area (Å²) in [5, 5.41) is 0. The van der Waals surface area contributed by atoms with Crippen LogP contribution < -0.4 is 0 Å². The van der Waals surface area contributed by atoms with Gasteiger partial charge in [0.2, 0.25) is 10.0 Å². The van der Waals surface area contributed by atoms with E-state index in [9.17, 15) is 22.0 Å². The number of carbonyl (C=O) groups is 1. The Hall–Kier alpha value is -1.26. The Morgan fingerprint density at radius 2 is 1.85 bits per heavy atom. The molecule has 1 saturated heterocycles. The van der Waals surface area contributed by atoms with Crippen molar-refractivity contribution in [2.45, 2.75) is 44.2 Å². The first-order valence-corrected chi connectivity index (χ1v) is 10.2. The molecule has 0 bridgehead atoms. The van der Waals surface area contributed by atoms with E-state index in [2.05, 4.69) is 15.9 Å². The minimum Gasteiger partial charge on any atom is -0.444 e. The summed E-state index contributed by atoms with van der Waals surface area (Å²) in [4.78, 5) is 13.0. The molecule has 0 spiro atoms. The summed E-state index contributed by atoms with van der Waals surface area (Å²) >= 11 is 2.87. The molecule has 1 atom stereocenters. The van der Waals surface area contributed by atoms with E-state index in [1.54, 1.807) is 27.7 Å². The van der Waals surface area contributed by atoms with E-state index in [-0.39, 0.29) is 24.1 Å². The monoisotopic (exact) mass is 454 g/mol. The number of amides is 1. The van der Waals surface area contributed by atoms with Gasteiger partial charge in [0.1, 0.15) is 22.1 Å². The predicted molar refractivity (Wildman–Crippen MR) is 95.2 cm³/mol. The summed E-state index contributed by atoms with van der Waals surface area (Å²) < 4.78 is 59.1. The van der Waals surface area contributed by atoms with Crippen molar-refractivity contribution in [3.63, 3.8) is 0 Å². The first kappa shape index (κ1) is 21.0. The lowest BCUT2D eigenvalue weighted by atomic mass is 10.2. The number of sulfonamides is 1. The molecular formula is C16H21BrF2N2O4S. The highest BCUT2D eigenvalue weighted by Gasteiger charge is 2.37. The molecule has 0 saturated carbocycles. The standard InChI is InChI=1S/C16H21BrF2N2O4S/c1-10-9-20(5-6-21(10)15(22)25-16(2,3)4)26(23,24)14-7-11(17)12(18)8-13(14)19/h7-8,10H,5-6,9H2,1-4H3. The van der Waals surface area contributed by atoms with Crippen LogP contribution in [0, 0.1) is 11.6 Å². The summed E-state index contributed by atoms with van der Waals surface area (Å²) in [5.74, 6) is -2.04. The molecule has 0 aromatic heterocycles. The smallest absolute Gasteiger partial charge is 0.410 e. The Morgan fingerprint density at radius 1 is 1.23 bits per heavy atom. The van der Waals surface area contributed by atoms with Crippen LogP contribution in [0.3, 0.4) is 0 Å². The Morgan fingerprint density at radius 3 is 2.38 bits per heavy atom. The summed E-state index contributed by atoms with van der Waals surface area (Å²) in [6, 6.07) is 0.975. The number of ether oxygens (including phenoxy) is 1. The molecule has 1 heterocycles. The number of piperazine rings is 1. The molecule has 1 fully saturated rings. The van der Waals surface area contributed by atoms with E-state index in [4.69, 9.17) is 4.74 Å². The second-order valence-electron chi connectivity index (χ2n) is 7.08. The van der Waals surface area contributed by atoms with Crippen LogP contribution >= 0.6 is 15.9 Å². The van der Waals surface area contributed by atoms with Gasteiger partial charge in [0.05, 0.1) is 4.47 Å². The lowest BCUT2D eigenvalue weighted by Crippen LogP contribution is -2.56. The van der Waals surface area contributed by atoms with Crippen LogP contribution in [-0.2, 0) is 14.8 Å². The Labute approximate surface area is 160 Å². The zero-order valence-electron chi connectivity index (χ0n) is 14.9. The zero-order chi connectivity index (χ0) is 19.9. The van der Waals surface area contributed by atoms with E-state index >= 15 is 0 Å². The number of hydrogen-bond donors (Lipinski definition) is 0. The average Bonchev–Trinajstić information content (AvgIpc) is 2.48. The van der Waals surface area contributed by atoms with Gasteiger partial charge in [0.15, 0.2) is 0 Å². The van der Waals surface area contributed by atoms with Gasteiger partial charge < -0.3 is 9.64 Å². The van der Waals surface area contributed by atoms with Crippen LogP contribution in [0.25, 0.3) is 0 Å². The molecular weight excluding hydrogens is 434 g/mol. The normalized spacial score (nSPS) is 19.5. The van der Waals surface area contributed by atoms with E-state index in [0.717, 1.165) is 10.4 Å². The molecule has 1 unspecified atom stereocenters. The number of nitrogens with zero attached hydrogens (tertiary/aromatic N) is 2. The van der Waals surface area contributed by atoms with Crippen molar-refractivity contribution in [2.24, 2.45) is 0 Å². The Balaban J connectivity index is 2.20. The highest BCUT2D eigenvalue weighted by atomic mass is 79.9. The maximum atomic E-state index is 14.0. The molecule has 2 rings (SSSR count). The number of halogens is 3. The van der Waals surface area contributed by atoms with E-state index in [0.29, 0.717) is 6.07 Å². The summed E-state index contributed by atoms with van der Waals surface area (Å²) in [6.45, 7) is 6.99. The Bertz CT molecular complexity index is 811. The third-order valence-electron chi connectivity index (χ3n) is 3.81. The van der Waals surface area contributed by atoms with Gasteiger partial charge in [0.25, 0.3) is 0 Å². The molecule has 1 aliphatic heterocycles. The molecule has 0 radical (unpaired) electrons. The molecule has 6 nitrogen and oxygen atoms in total. The van der Waals surface area contributed by atoms with Gasteiger partial charge in [-0.05, 0) is 49.7 Å². The second-order valence-corrected chi connectivity index (χ2v) is 9.84. The number of carbonyl (C=O) groups excluding carboxylic acids is 1. The fraction of sp³-hybridized carbons (Fsp3) is 0.562. The Kier molecular flexibility index (Phi) is 5.99. The van der Waals surface area contributed by atoms with Gasteiger partial charge >= 0.3 is 6.09 Å². The molecule has 0 aliphatic carbocycles. The van der Waals surface area contributed by atoms with Gasteiger partial charge in [-0.25, -0.2) is 22.0 Å². The summed E-state index contributed by atoms with van der Waals surface area (Å²) in [5.41, 5.74) is -0.663. The molecule has 1 aliphatic rings. The van der Waals surface area contributed by atoms with Crippen molar-refractivity contribution in [3.05, 3.63) is 28.2 Å². The molecule has 146 valence electrons. The first-order valence-electron chi connectivity index (χ1n) is 7.97. The molecule has 1 aromatic carbocycles. The quantitative estimate of drug-likeness (QED) is 0.642. The summed E-state index contributed by atoms with van der Waals surface area (Å²) in [7, 11) is -4.17. The van der Waals surface area contributed by atoms with Gasteiger partial charge in [-0.15, -0.1) is 0 Å². The first-order chi connectivity index (χ1) is 11.8. The van der Waals surface area contributed by atoms with Gasteiger partial charge in [-0.1, -0.05) is 0 Å². The van der Waals surface area contributed by atoms with Crippen LogP contribution in [0.1, 0.15) is 27.7 Å². The van der Waals surface area contributed by atoms with Crippen LogP contribution in [0.5, 0.6) is 0 Å². The lowest BCUT2D eigenvalue weighted by Gasteiger charge is -2.39. The minimum absolute atomic E-state index is 0.0135. The largest absolute Gasteiger partial charge is 0.444 e. The number of hydrogen-bond acceptors (Lipinski definition) is 4. The van der Waals surface area contributed by atoms with Crippen molar-refractivity contribution in [3.8, 4) is 0 Å². The minimum atomic E-state index is -4.17. The second kappa shape index (κ2) is 7.40. The predicted octanol–water partition coefficient (Wildman–Crippen LogP) is 3.36. The van der Waals surface area contributed by atoms with Crippen molar-refractivity contribution >= 4 is 32.0 Å². The van der Waals surface area contributed by atoms with Crippen LogP contribution in [0.4, 0.5) is 13.6 Å². The molecule has 0 N–H and O–H groups in total. The van der Waals surface area contributed by atoms with E-state index < -0.39 is 44.3 Å². The van der Waals surface area contributed by atoms with Crippen molar-refractivity contribution in [1.29, 1.82) is 0 Å². The van der Waals surface area contributed by atoms with Gasteiger partial charge in [0, 0.05) is 31.7 Å². The van der Waals surface area contributed by atoms with Crippen LogP contribution in [-0.4, -0.2) is 55.0 Å². The fourth-order valence-corrected chi connectivity index (χ4v) is 4.65. The topological polar surface area (TPSA) is 66.9 Å². The highest BCUT2D eigenvalue weighted by molar-refractivity contribution is 9.10. The SMILES string of the molecule is CC1CN(S(=O)(=O)c2cc(Br)c(F)cc2F)CCN1C(=O)OC(C)(C)C. The molecule has 10 heteroatoms. The van der Waals surface area contributed by atoms with Crippen LogP contribution in [0.2, 0.25) is 0 Å². The number of benzene rings is 1. The molecule has 1 amide bonds. The summed E-state index contributed by atoms with van der Waals surface area (Å²) in [6.07, 6.45) is -0.530. The number of rotatable bonds is 2. The van der Waals surface area contributed by atoms with Crippen LogP contribution in [0.15, 0.2) is 21.5 Å². The third kappa shape index (κ3) is 4.52. The van der Waals surface area contributed by atoms with Gasteiger partial charge in [-0.2, -0.15) is 4.31 Å². The average molecular weight is 455 g/mol. The molecule has 1 aromatic rings. The zero-order valence-corrected chi connectivity index (χ0v) is 17.3. The van der Waals surface area contributed by atoms with Gasteiger partial charge in [-0.3, -0.25) is 0 Å². The van der Waals surface area contributed by atoms with Crippen molar-refractivity contribution in [1.82, 2.24) is 9.21 Å². The van der Waals surface area contributed by atoms with E-state index in [1.165, 1.54) is 4.90 Å². The maximum Gasteiger partial charge on any atom is 0.410 e. The molecule has 26 heavy (non-hydrogen) atoms. The fourth-order valence-electron chi connectivity index (χ4n) is 2.58.